The lowest BCUT2D eigenvalue weighted by Crippen LogP contribution is -2.63. The normalized spacial score (nSPS) is 23.9. The van der Waals surface area contributed by atoms with Crippen LogP contribution in [0.5, 0.6) is 5.75 Å². The number of piperidine rings is 2. The Bertz CT molecular complexity index is 2650. The SMILES string of the molecule is CNC(=O)COc1cc2cc(Nc3nc(N4CCC(O[C@H]5C[C@H](N6[C@H](C)CN(c7ccc8c(c7)C(=O)N(C7CCC(=O)NC7=O)C8=O)C[C@@H]6C)C5)CC4)ncc3Cl)ccc2n(C(C)C)c1=O. The molecule has 1 saturated carbocycles. The molecule has 5 amide bonds. The van der Waals surface area contributed by atoms with Crippen molar-refractivity contribution >= 4 is 75.2 Å². The first kappa shape index (κ1) is 45.1. The lowest BCUT2D eigenvalue weighted by Gasteiger charge is -2.53. The van der Waals surface area contributed by atoms with Crippen molar-refractivity contribution in [2.24, 2.45) is 0 Å². The van der Waals surface area contributed by atoms with Gasteiger partial charge in [-0.15, -0.1) is 0 Å². The molecule has 0 bridgehead atoms. The fraction of sp³-hybridized carbons (Fsp3) is 0.489. The molecule has 348 valence electrons. The van der Waals surface area contributed by atoms with E-state index in [4.69, 9.17) is 26.1 Å². The van der Waals surface area contributed by atoms with E-state index in [-0.39, 0.29) is 72.6 Å². The number of hydrogen-bond donors (Lipinski definition) is 3. The standard InChI is InChI=1S/C47H55ClN10O8/c1-25(2)56-37-9-6-29(16-28(37)17-39(46(56)64)65-24-41(60)49-5)51-42-36(48)21-50-47(53-42)54-14-12-32(13-15-54)66-33-18-31(19-33)57-26(3)22-55(23-27(57)4)30-7-8-34-35(20-30)45(63)58(44(34)62)38-10-11-40(59)52-43(38)61/h6-9,16-17,20-21,25-27,31-33,38H,10-15,18-19,22-24H2,1-5H3,(H,49,60)(H,50,51,53)(H,52,59,61)/t26-,27+,31-,33-,38?. The third-order valence-electron chi connectivity index (χ3n) is 13.5. The largest absolute Gasteiger partial charge is 0.478 e. The molecule has 5 aliphatic rings. The van der Waals surface area contributed by atoms with Crippen molar-refractivity contribution in [1.29, 1.82) is 0 Å². The number of amides is 5. The summed E-state index contributed by atoms with van der Waals surface area (Å²) in [5.41, 5.74) is 2.55. The molecule has 0 radical (unpaired) electrons. The van der Waals surface area contributed by atoms with E-state index in [2.05, 4.69) is 49.5 Å². The Morgan fingerprint density at radius 1 is 0.909 bits per heavy atom. The quantitative estimate of drug-likeness (QED) is 0.169. The Morgan fingerprint density at radius 2 is 1.64 bits per heavy atom. The van der Waals surface area contributed by atoms with E-state index >= 15 is 0 Å². The number of nitrogens with zero attached hydrogens (tertiary/aromatic N) is 7. The minimum atomic E-state index is -0.993. The van der Waals surface area contributed by atoms with Crippen LogP contribution in [0.2, 0.25) is 5.02 Å². The maximum Gasteiger partial charge on any atom is 0.293 e. The van der Waals surface area contributed by atoms with Gasteiger partial charge >= 0.3 is 0 Å². The number of carbonyl (C=O) groups is 5. The van der Waals surface area contributed by atoms with Crippen LogP contribution in [0.4, 0.5) is 23.1 Å². The fourth-order valence-corrected chi connectivity index (χ4v) is 10.4. The van der Waals surface area contributed by atoms with E-state index in [1.54, 1.807) is 29.0 Å². The summed E-state index contributed by atoms with van der Waals surface area (Å²) in [4.78, 5) is 93.5. The zero-order chi connectivity index (χ0) is 46.6. The first-order chi connectivity index (χ1) is 31.7. The lowest BCUT2D eigenvalue weighted by molar-refractivity contribution is -0.136. The van der Waals surface area contributed by atoms with Gasteiger partial charge in [-0.05, 0) is 102 Å². The maximum absolute atomic E-state index is 13.5. The molecule has 4 fully saturated rings. The number of pyridine rings is 1. The summed E-state index contributed by atoms with van der Waals surface area (Å²) in [5.74, 6) is -1.25. The molecule has 3 saturated heterocycles. The third-order valence-corrected chi connectivity index (χ3v) is 13.8. The molecule has 3 N–H and O–H groups in total. The van der Waals surface area contributed by atoms with Crippen molar-refractivity contribution < 1.29 is 33.4 Å². The van der Waals surface area contributed by atoms with Crippen LogP contribution in [0.25, 0.3) is 10.9 Å². The number of anilines is 4. The molecule has 9 rings (SSSR count). The Balaban J connectivity index is 0.767. The molecule has 2 aromatic carbocycles. The van der Waals surface area contributed by atoms with Gasteiger partial charge in [0.1, 0.15) is 11.1 Å². The molecule has 1 aliphatic carbocycles. The fourth-order valence-electron chi connectivity index (χ4n) is 10.2. The first-order valence-corrected chi connectivity index (χ1v) is 23.2. The summed E-state index contributed by atoms with van der Waals surface area (Å²) >= 11 is 6.61. The Kier molecular flexibility index (Phi) is 12.5. The van der Waals surface area contributed by atoms with Gasteiger partial charge in [-0.25, -0.2) is 4.98 Å². The van der Waals surface area contributed by atoms with E-state index in [0.717, 1.165) is 73.4 Å². The average molecular weight is 923 g/mol. The molecule has 66 heavy (non-hydrogen) atoms. The molecule has 0 spiro atoms. The van der Waals surface area contributed by atoms with Crippen LogP contribution in [0.3, 0.4) is 0 Å². The Labute approximate surface area is 386 Å². The minimum Gasteiger partial charge on any atom is -0.478 e. The summed E-state index contributed by atoms with van der Waals surface area (Å²) in [6.07, 6.45) is 5.73. The molecule has 4 aromatic rings. The van der Waals surface area contributed by atoms with Gasteiger partial charge in [0, 0.05) is 80.6 Å². The highest BCUT2D eigenvalue weighted by Crippen LogP contribution is 2.38. The number of carbonyl (C=O) groups excluding carboxylic acids is 5. The maximum atomic E-state index is 13.5. The highest BCUT2D eigenvalue weighted by Gasteiger charge is 2.46. The molecule has 4 aliphatic heterocycles. The zero-order valence-corrected chi connectivity index (χ0v) is 38.5. The zero-order valence-electron chi connectivity index (χ0n) is 37.7. The second-order valence-corrected chi connectivity index (χ2v) is 18.7. The molecular weight excluding hydrogens is 868 g/mol. The number of aromatic nitrogens is 3. The van der Waals surface area contributed by atoms with Crippen LogP contribution in [0.15, 0.2) is 53.5 Å². The molecule has 1 unspecified atom stereocenters. The van der Waals surface area contributed by atoms with Crippen LogP contribution < -0.4 is 36.0 Å². The second-order valence-electron chi connectivity index (χ2n) is 18.3. The van der Waals surface area contributed by atoms with Gasteiger partial charge < -0.3 is 34.5 Å². The molecule has 6 heterocycles. The third kappa shape index (κ3) is 8.68. The van der Waals surface area contributed by atoms with Gasteiger partial charge in [-0.3, -0.25) is 43.9 Å². The van der Waals surface area contributed by atoms with E-state index < -0.39 is 29.7 Å². The van der Waals surface area contributed by atoms with E-state index in [9.17, 15) is 28.8 Å². The number of hydrogen-bond acceptors (Lipinski definition) is 14. The summed E-state index contributed by atoms with van der Waals surface area (Å²) in [6.45, 7) is 11.0. The predicted molar refractivity (Wildman–Crippen MR) is 248 cm³/mol. The van der Waals surface area contributed by atoms with Crippen LogP contribution in [0, 0.1) is 0 Å². The van der Waals surface area contributed by atoms with Crippen LogP contribution in [-0.2, 0) is 19.1 Å². The highest BCUT2D eigenvalue weighted by molar-refractivity contribution is 6.33. The predicted octanol–water partition coefficient (Wildman–Crippen LogP) is 4.41. The molecule has 3 atom stereocenters. The average Bonchev–Trinajstić information content (AvgIpc) is 3.52. The number of halogens is 1. The van der Waals surface area contributed by atoms with Crippen LogP contribution in [0.1, 0.15) is 93.0 Å². The van der Waals surface area contributed by atoms with Crippen LogP contribution in [-0.4, -0.2) is 130 Å². The molecular formula is C47H55ClN10O8. The van der Waals surface area contributed by atoms with Crippen molar-refractivity contribution in [3.05, 3.63) is 75.2 Å². The topological polar surface area (TPSA) is 201 Å². The Hall–Kier alpha value is -6.11. The Morgan fingerprint density at radius 3 is 2.33 bits per heavy atom. The van der Waals surface area contributed by atoms with Gasteiger partial charge in [0.05, 0.1) is 35.0 Å². The number of fused-ring (bicyclic) bond motifs is 2. The van der Waals surface area contributed by atoms with Gasteiger partial charge in [-0.1, -0.05) is 11.6 Å². The van der Waals surface area contributed by atoms with E-state index in [1.807, 2.05) is 38.1 Å². The number of rotatable bonds is 12. The van der Waals surface area contributed by atoms with Crippen molar-refractivity contribution in [3.63, 3.8) is 0 Å². The van der Waals surface area contributed by atoms with Gasteiger partial charge in [0.15, 0.2) is 18.2 Å². The summed E-state index contributed by atoms with van der Waals surface area (Å²) in [6, 6.07) is 12.3. The number of benzene rings is 2. The van der Waals surface area contributed by atoms with Gasteiger partial charge in [0.2, 0.25) is 17.8 Å². The number of imide groups is 2. The summed E-state index contributed by atoms with van der Waals surface area (Å²) in [7, 11) is 1.51. The second kappa shape index (κ2) is 18.3. The minimum absolute atomic E-state index is 0.0795. The number of likely N-dealkylation sites (N-methyl/N-ethyl adjacent to an activating group) is 1. The van der Waals surface area contributed by atoms with Crippen molar-refractivity contribution in [2.45, 2.75) is 109 Å². The summed E-state index contributed by atoms with van der Waals surface area (Å²) in [5, 5.41) is 9.19. The van der Waals surface area contributed by atoms with E-state index in [1.165, 1.54) is 7.05 Å². The monoisotopic (exact) mass is 922 g/mol. The van der Waals surface area contributed by atoms with Crippen LogP contribution >= 0.6 is 11.6 Å². The summed E-state index contributed by atoms with van der Waals surface area (Å²) < 4.78 is 13.9. The first-order valence-electron chi connectivity index (χ1n) is 22.8. The van der Waals surface area contributed by atoms with Crippen molar-refractivity contribution in [2.75, 3.05) is 55.0 Å². The van der Waals surface area contributed by atoms with Gasteiger partial charge in [-0.2, -0.15) is 4.98 Å². The van der Waals surface area contributed by atoms with E-state index in [0.29, 0.717) is 34.1 Å². The molecule has 19 heteroatoms. The number of piperazine rings is 1. The number of nitrogens with one attached hydrogen (secondary N) is 3. The van der Waals surface area contributed by atoms with Crippen molar-refractivity contribution in [3.8, 4) is 5.75 Å². The number of ether oxygens (including phenoxy) is 2. The lowest BCUT2D eigenvalue weighted by atomic mass is 9.84. The van der Waals surface area contributed by atoms with Gasteiger partial charge in [0.25, 0.3) is 23.3 Å². The highest BCUT2D eigenvalue weighted by atomic mass is 35.5. The molecule has 2 aromatic heterocycles. The molecule has 18 nitrogen and oxygen atoms in total. The van der Waals surface area contributed by atoms with Crippen molar-refractivity contribution in [1.82, 2.24) is 35.0 Å². The smallest absolute Gasteiger partial charge is 0.293 e.